The monoisotopic (exact) mass is 670 g/mol. The second-order valence-electron chi connectivity index (χ2n) is 15.0. The molecule has 9 nitrogen and oxygen atoms in total. The molecular weight excluding hydrogens is 624 g/mol. The molecule has 1 saturated carbocycles. The molecule has 1 aromatic carbocycles. The number of Topliss-reactive ketones (excluding diaryl/α,β-unsaturated/α-hetero) is 2. The van der Waals surface area contributed by atoms with E-state index in [1.165, 1.54) is 0 Å². The van der Waals surface area contributed by atoms with Crippen LogP contribution in [0.4, 0.5) is 0 Å². The molecule has 260 valence electrons. The van der Waals surface area contributed by atoms with Gasteiger partial charge in [-0.25, -0.2) is 4.79 Å². The predicted octanol–water partition coefficient (Wildman–Crippen LogP) is 6.90. The topological polar surface area (TPSA) is 125 Å². The minimum Gasteiger partial charge on any atom is -0.506 e. The quantitative estimate of drug-likeness (QED) is 0.123. The molecule has 2 fully saturated rings. The average Bonchev–Trinajstić information content (AvgIpc) is 3.20. The van der Waals surface area contributed by atoms with E-state index in [9.17, 15) is 24.3 Å². The van der Waals surface area contributed by atoms with Crippen molar-refractivity contribution in [3.63, 3.8) is 0 Å². The third-order valence-electron chi connectivity index (χ3n) is 10.8. The standard InChI is InChI=1S/C40H46O9/c1-9-46-36(45)24(5)14-18-39-35(44)25-19-28-32(43)30-31(42)26-15-17-38(8,16-10-11-23(4)21-41)47-33(26)27(13-12-22(2)3)34(30)48-40(28,39)29(20-25)37(6,7)49-39/h11-12,14-15,17,19,21,25,29,42H,9-10,13,16,18,20H2,1-8H3/b23-11+,24-14-/t25-,29+,38-,39?,40-/m1/s1. The fraction of sp³-hybridized carbons (Fsp3) is 0.500. The zero-order valence-corrected chi connectivity index (χ0v) is 29.7. The van der Waals surface area contributed by atoms with E-state index in [4.69, 9.17) is 18.9 Å². The number of phenols is 1. The summed E-state index contributed by atoms with van der Waals surface area (Å²) >= 11 is 0. The lowest BCUT2D eigenvalue weighted by Gasteiger charge is -2.56. The highest BCUT2D eigenvalue weighted by Crippen LogP contribution is 2.68. The second-order valence-corrected chi connectivity index (χ2v) is 15.0. The first-order valence-corrected chi connectivity index (χ1v) is 17.2. The summed E-state index contributed by atoms with van der Waals surface area (Å²) in [5, 5.41) is 11.8. The molecule has 0 amide bonds. The first-order chi connectivity index (χ1) is 23.1. The Morgan fingerprint density at radius 1 is 1.06 bits per heavy atom. The Kier molecular flexibility index (Phi) is 8.46. The molecule has 1 spiro atoms. The molecular formula is C40H46O9. The smallest absolute Gasteiger partial charge is 0.333 e. The molecule has 49 heavy (non-hydrogen) atoms. The summed E-state index contributed by atoms with van der Waals surface area (Å²) in [6.07, 6.45) is 13.6. The van der Waals surface area contributed by atoms with E-state index in [2.05, 4.69) is 0 Å². The first-order valence-electron chi connectivity index (χ1n) is 17.2. The number of allylic oxidation sites excluding steroid dienone is 5. The number of ether oxygens (including phenoxy) is 4. The van der Waals surface area contributed by atoms with Crippen LogP contribution in [-0.4, -0.2) is 57.9 Å². The number of benzene rings is 1. The maximum absolute atomic E-state index is 14.8. The highest BCUT2D eigenvalue weighted by Gasteiger charge is 2.81. The summed E-state index contributed by atoms with van der Waals surface area (Å²) in [7, 11) is 0. The van der Waals surface area contributed by atoms with E-state index in [0.29, 0.717) is 59.3 Å². The molecule has 0 aromatic heterocycles. The van der Waals surface area contributed by atoms with Crippen LogP contribution in [0.2, 0.25) is 0 Å². The fourth-order valence-corrected chi connectivity index (χ4v) is 8.40. The van der Waals surface area contributed by atoms with Gasteiger partial charge in [0.1, 0.15) is 34.7 Å². The van der Waals surface area contributed by atoms with Gasteiger partial charge >= 0.3 is 5.97 Å². The SMILES string of the molecule is CCOC(=O)/C(C)=C\CC12OC(C)(C)[C@@H]3C[C@@H](C=C4C(=O)c5c(O)c6c(c(CC=C(C)C)c5O[C@]431)O[C@](C)(CC/C=C(\C)C=O)C=C6)C2=O. The largest absolute Gasteiger partial charge is 0.506 e. The van der Waals surface area contributed by atoms with Crippen molar-refractivity contribution in [1.29, 1.82) is 0 Å². The van der Waals surface area contributed by atoms with Crippen molar-refractivity contribution < 1.29 is 43.2 Å². The van der Waals surface area contributed by atoms with E-state index in [-0.39, 0.29) is 41.8 Å². The number of aldehydes is 1. The lowest BCUT2D eigenvalue weighted by atomic mass is 9.51. The van der Waals surface area contributed by atoms with E-state index in [1.807, 2.05) is 52.8 Å². The molecule has 3 aliphatic heterocycles. The number of hydrogen-bond acceptors (Lipinski definition) is 9. The van der Waals surface area contributed by atoms with Crippen molar-refractivity contribution >= 4 is 29.9 Å². The molecule has 0 radical (unpaired) electrons. The van der Waals surface area contributed by atoms with Crippen molar-refractivity contribution in [2.45, 2.75) is 110 Å². The van der Waals surface area contributed by atoms with Gasteiger partial charge in [0.2, 0.25) is 0 Å². The third-order valence-corrected chi connectivity index (χ3v) is 10.8. The Balaban J connectivity index is 1.55. The Labute approximate surface area is 287 Å². The number of hydrogen-bond donors (Lipinski definition) is 1. The molecule has 1 N–H and O–H groups in total. The normalized spacial score (nSPS) is 30.4. The van der Waals surface area contributed by atoms with Crippen molar-refractivity contribution in [2.24, 2.45) is 11.8 Å². The van der Waals surface area contributed by atoms with Crippen LogP contribution in [-0.2, 0) is 30.3 Å². The zero-order valence-electron chi connectivity index (χ0n) is 29.7. The van der Waals surface area contributed by atoms with Crippen molar-refractivity contribution in [3.05, 3.63) is 69.4 Å². The van der Waals surface area contributed by atoms with Gasteiger partial charge in [-0.3, -0.25) is 14.4 Å². The number of fused-ring (bicyclic) bond motifs is 2. The van der Waals surface area contributed by atoms with Gasteiger partial charge in [-0.2, -0.15) is 0 Å². The van der Waals surface area contributed by atoms with Crippen LogP contribution in [0.1, 0.15) is 103 Å². The summed E-state index contributed by atoms with van der Waals surface area (Å²) < 4.78 is 25.9. The lowest BCUT2D eigenvalue weighted by molar-refractivity contribution is -0.171. The van der Waals surface area contributed by atoms with Crippen LogP contribution in [0.15, 0.2) is 52.7 Å². The number of ketones is 2. The molecule has 5 atom stereocenters. The van der Waals surface area contributed by atoms with Gasteiger partial charge in [-0.1, -0.05) is 29.9 Å². The fourth-order valence-electron chi connectivity index (χ4n) is 8.40. The highest BCUT2D eigenvalue weighted by atomic mass is 16.6. The van der Waals surface area contributed by atoms with Crippen LogP contribution < -0.4 is 9.47 Å². The Bertz CT molecular complexity index is 1820. The molecule has 3 heterocycles. The van der Waals surface area contributed by atoms with E-state index >= 15 is 0 Å². The highest BCUT2D eigenvalue weighted by molar-refractivity contribution is 6.19. The van der Waals surface area contributed by atoms with Crippen LogP contribution in [0, 0.1) is 11.8 Å². The molecule has 1 saturated heterocycles. The maximum atomic E-state index is 14.8. The lowest BCUT2D eigenvalue weighted by Crippen LogP contribution is -2.72. The van der Waals surface area contributed by atoms with Gasteiger partial charge in [-0.15, -0.1) is 0 Å². The van der Waals surface area contributed by atoms with Gasteiger partial charge in [0.25, 0.3) is 0 Å². The number of carbonyl (C=O) groups is 4. The summed E-state index contributed by atoms with van der Waals surface area (Å²) in [5.41, 5.74) is -1.44. The maximum Gasteiger partial charge on any atom is 0.333 e. The molecule has 1 aromatic rings. The Morgan fingerprint density at radius 3 is 2.47 bits per heavy atom. The number of rotatable bonds is 10. The van der Waals surface area contributed by atoms with Crippen LogP contribution >= 0.6 is 0 Å². The van der Waals surface area contributed by atoms with Gasteiger partial charge in [0.05, 0.1) is 17.8 Å². The second kappa shape index (κ2) is 12.0. The molecule has 9 heteroatoms. The summed E-state index contributed by atoms with van der Waals surface area (Å²) in [6, 6.07) is 0. The number of aromatic hydroxyl groups is 1. The molecule has 4 bridgehead atoms. The van der Waals surface area contributed by atoms with Crippen LogP contribution in [0.3, 0.4) is 0 Å². The zero-order chi connectivity index (χ0) is 35.7. The van der Waals surface area contributed by atoms with Crippen molar-refractivity contribution in [1.82, 2.24) is 0 Å². The van der Waals surface area contributed by atoms with Crippen LogP contribution in [0.5, 0.6) is 17.2 Å². The minimum absolute atomic E-state index is 0.00186. The summed E-state index contributed by atoms with van der Waals surface area (Å²) in [5.74, 6) is -1.72. The molecule has 6 aliphatic rings. The van der Waals surface area contributed by atoms with E-state index in [0.717, 1.165) is 11.9 Å². The first kappa shape index (κ1) is 34.6. The predicted molar refractivity (Wildman–Crippen MR) is 184 cm³/mol. The number of carbonyl (C=O) groups excluding carboxylic acids is 4. The van der Waals surface area contributed by atoms with Gasteiger partial charge in [0, 0.05) is 35.0 Å². The minimum atomic E-state index is -1.60. The average molecular weight is 671 g/mol. The van der Waals surface area contributed by atoms with Gasteiger partial charge < -0.3 is 24.1 Å². The number of esters is 1. The molecule has 3 aliphatic carbocycles. The van der Waals surface area contributed by atoms with Gasteiger partial charge in [0.15, 0.2) is 22.8 Å². The molecule has 7 rings (SSSR count). The third kappa shape index (κ3) is 5.15. The van der Waals surface area contributed by atoms with Crippen LogP contribution in [0.25, 0.3) is 6.08 Å². The van der Waals surface area contributed by atoms with Crippen molar-refractivity contribution in [3.8, 4) is 17.2 Å². The Morgan fingerprint density at radius 2 is 1.80 bits per heavy atom. The van der Waals surface area contributed by atoms with Crippen molar-refractivity contribution in [2.75, 3.05) is 6.61 Å². The van der Waals surface area contributed by atoms with E-state index in [1.54, 1.807) is 39.0 Å². The number of phenolic OH excluding ortho intramolecular Hbond substituents is 1. The van der Waals surface area contributed by atoms with Gasteiger partial charge in [-0.05, 0) is 98.8 Å². The summed E-state index contributed by atoms with van der Waals surface area (Å²) in [6.45, 7) is 15.0. The Hall–Kier alpha value is -4.24. The molecule has 1 unspecified atom stereocenters. The van der Waals surface area contributed by atoms with E-state index < -0.39 is 40.1 Å². The summed E-state index contributed by atoms with van der Waals surface area (Å²) in [4.78, 5) is 53.1.